The van der Waals surface area contributed by atoms with Gasteiger partial charge in [0.15, 0.2) is 6.04 Å². The molecule has 130 valence electrons. The van der Waals surface area contributed by atoms with Crippen molar-refractivity contribution in [1.82, 2.24) is 0 Å². The van der Waals surface area contributed by atoms with Crippen molar-refractivity contribution in [2.75, 3.05) is 5.32 Å². The third kappa shape index (κ3) is 3.18. The number of quaternary nitrogens is 1. The first kappa shape index (κ1) is 16.7. The minimum absolute atomic E-state index is 0.00918. The molecule has 5 rings (SSSR count). The van der Waals surface area contributed by atoms with E-state index in [1.54, 1.807) is 18.2 Å². The summed E-state index contributed by atoms with van der Waals surface area (Å²) in [6.07, 6.45) is 8.13. The third-order valence-electron chi connectivity index (χ3n) is 6.29. The molecule has 1 atom stereocenters. The van der Waals surface area contributed by atoms with Crippen molar-refractivity contribution in [3.8, 4) is 0 Å². The molecule has 0 aliphatic heterocycles. The van der Waals surface area contributed by atoms with Crippen molar-refractivity contribution in [2.45, 2.75) is 57.0 Å². The summed E-state index contributed by atoms with van der Waals surface area (Å²) >= 11 is 12.2. The highest BCUT2D eigenvalue weighted by atomic mass is 35.5. The SMILES string of the molecule is C[C@H]([NH2+]C12CC3CC(CC(C3)C1)C2)C(=O)Nc1cc(Cl)ccc1Cl. The molecule has 4 aliphatic rings. The van der Waals surface area contributed by atoms with Crippen LogP contribution in [0.5, 0.6) is 0 Å². The van der Waals surface area contributed by atoms with Crippen LogP contribution in [0.1, 0.15) is 45.4 Å². The molecule has 24 heavy (non-hydrogen) atoms. The summed E-state index contributed by atoms with van der Waals surface area (Å²) in [6.45, 7) is 2.01. The van der Waals surface area contributed by atoms with Gasteiger partial charge in [-0.05, 0) is 62.1 Å². The predicted octanol–water partition coefficient (Wildman–Crippen LogP) is 3.85. The van der Waals surface area contributed by atoms with Gasteiger partial charge in [0.2, 0.25) is 0 Å². The van der Waals surface area contributed by atoms with Crippen LogP contribution in [0.2, 0.25) is 10.0 Å². The van der Waals surface area contributed by atoms with Crippen molar-refractivity contribution in [2.24, 2.45) is 17.8 Å². The molecule has 0 spiro atoms. The van der Waals surface area contributed by atoms with Gasteiger partial charge >= 0.3 is 0 Å². The van der Waals surface area contributed by atoms with Crippen LogP contribution in [0.25, 0.3) is 0 Å². The highest BCUT2D eigenvalue weighted by Gasteiger charge is 2.54. The molecule has 0 aromatic heterocycles. The van der Waals surface area contributed by atoms with Crippen LogP contribution in [0.3, 0.4) is 0 Å². The van der Waals surface area contributed by atoms with E-state index in [1.807, 2.05) is 6.92 Å². The molecule has 0 heterocycles. The van der Waals surface area contributed by atoms with Gasteiger partial charge in [0.05, 0.1) is 16.2 Å². The number of halogens is 2. The molecule has 3 N–H and O–H groups in total. The van der Waals surface area contributed by atoms with Gasteiger partial charge in [0, 0.05) is 24.3 Å². The van der Waals surface area contributed by atoms with Gasteiger partial charge in [-0.2, -0.15) is 0 Å². The summed E-state index contributed by atoms with van der Waals surface area (Å²) in [5, 5.41) is 6.40. The third-order valence-corrected chi connectivity index (χ3v) is 6.85. The summed E-state index contributed by atoms with van der Waals surface area (Å²) in [5.74, 6) is 2.69. The maximum atomic E-state index is 12.7. The van der Waals surface area contributed by atoms with Crippen LogP contribution in [-0.2, 0) is 4.79 Å². The topological polar surface area (TPSA) is 45.7 Å². The van der Waals surface area contributed by atoms with Crippen molar-refractivity contribution >= 4 is 34.8 Å². The number of anilines is 1. The second kappa shape index (κ2) is 6.19. The zero-order chi connectivity index (χ0) is 16.9. The van der Waals surface area contributed by atoms with Crippen LogP contribution < -0.4 is 10.6 Å². The number of hydrogen-bond acceptors (Lipinski definition) is 1. The Kier molecular flexibility index (Phi) is 4.30. The average molecular weight is 368 g/mol. The number of nitrogens with one attached hydrogen (secondary N) is 1. The first-order valence-electron chi connectivity index (χ1n) is 9.04. The lowest BCUT2D eigenvalue weighted by Crippen LogP contribution is -3.03. The summed E-state index contributed by atoms with van der Waals surface area (Å²) in [6, 6.07) is 5.03. The fourth-order valence-corrected chi connectivity index (χ4v) is 6.16. The first-order chi connectivity index (χ1) is 11.4. The molecule has 0 saturated heterocycles. The molecular weight excluding hydrogens is 343 g/mol. The number of amides is 1. The van der Waals surface area contributed by atoms with Gasteiger partial charge in [-0.15, -0.1) is 0 Å². The fourth-order valence-electron chi connectivity index (χ4n) is 5.83. The standard InChI is InChI=1S/C19H24Cl2N2O/c1-11(18(24)22-17-7-15(20)2-3-16(17)21)23-19-8-12-4-13(9-19)6-14(5-12)10-19/h2-3,7,11-14,23H,4-6,8-10H2,1H3,(H,22,24)/p+1/t11-,12?,13?,14?,19?/m0/s1. The Bertz CT molecular complexity index is 625. The molecular formula is C19H25Cl2N2O+. The molecule has 0 unspecified atom stereocenters. The Morgan fingerprint density at radius 1 is 1.17 bits per heavy atom. The van der Waals surface area contributed by atoms with E-state index in [-0.39, 0.29) is 11.9 Å². The molecule has 4 aliphatic carbocycles. The van der Waals surface area contributed by atoms with Crippen LogP contribution in [-0.4, -0.2) is 17.5 Å². The lowest BCUT2D eigenvalue weighted by atomic mass is 9.53. The van der Waals surface area contributed by atoms with E-state index in [0.29, 0.717) is 21.3 Å². The van der Waals surface area contributed by atoms with E-state index in [2.05, 4.69) is 10.6 Å². The average Bonchev–Trinajstić information content (AvgIpc) is 2.49. The number of nitrogens with two attached hydrogens (primary N) is 1. The van der Waals surface area contributed by atoms with Gasteiger partial charge in [-0.25, -0.2) is 0 Å². The maximum Gasteiger partial charge on any atom is 0.282 e. The lowest BCUT2D eigenvalue weighted by Gasteiger charge is -2.55. The van der Waals surface area contributed by atoms with Gasteiger partial charge < -0.3 is 10.6 Å². The highest BCUT2D eigenvalue weighted by molar-refractivity contribution is 6.35. The number of carbonyl (C=O) groups is 1. The molecule has 4 saturated carbocycles. The minimum atomic E-state index is -0.115. The van der Waals surface area contributed by atoms with Gasteiger partial charge in [-0.3, -0.25) is 4.79 Å². The summed E-state index contributed by atoms with van der Waals surface area (Å²) in [7, 11) is 0. The summed E-state index contributed by atoms with van der Waals surface area (Å²) in [5.41, 5.74) is 0.892. The quantitative estimate of drug-likeness (QED) is 0.833. The van der Waals surface area contributed by atoms with Gasteiger partial charge in [-0.1, -0.05) is 23.2 Å². The highest BCUT2D eigenvalue weighted by Crippen LogP contribution is 2.54. The van der Waals surface area contributed by atoms with Crippen molar-refractivity contribution < 1.29 is 10.1 Å². The molecule has 4 bridgehead atoms. The van der Waals surface area contributed by atoms with Crippen molar-refractivity contribution in [1.29, 1.82) is 0 Å². The van der Waals surface area contributed by atoms with Crippen molar-refractivity contribution in [3.05, 3.63) is 28.2 Å². The summed E-state index contributed by atoms with van der Waals surface area (Å²) < 4.78 is 0. The zero-order valence-electron chi connectivity index (χ0n) is 14.0. The van der Waals surface area contributed by atoms with Crippen LogP contribution >= 0.6 is 23.2 Å². The van der Waals surface area contributed by atoms with Crippen LogP contribution in [0, 0.1) is 17.8 Å². The monoisotopic (exact) mass is 367 g/mol. The number of benzene rings is 1. The Hall–Kier alpha value is -0.770. The molecule has 4 fully saturated rings. The smallest absolute Gasteiger partial charge is 0.282 e. The molecule has 1 aromatic rings. The molecule has 1 aromatic carbocycles. The zero-order valence-corrected chi connectivity index (χ0v) is 15.5. The molecule has 5 heteroatoms. The van der Waals surface area contributed by atoms with Crippen molar-refractivity contribution in [3.63, 3.8) is 0 Å². The number of hydrogen-bond donors (Lipinski definition) is 2. The Morgan fingerprint density at radius 3 is 2.33 bits per heavy atom. The predicted molar refractivity (Wildman–Crippen MR) is 97.4 cm³/mol. The van der Waals surface area contributed by atoms with E-state index in [9.17, 15) is 4.79 Å². The van der Waals surface area contributed by atoms with Gasteiger partial charge in [0.1, 0.15) is 0 Å². The second-order valence-electron chi connectivity index (χ2n) is 8.35. The Morgan fingerprint density at radius 2 is 1.75 bits per heavy atom. The van der Waals surface area contributed by atoms with E-state index in [0.717, 1.165) is 17.8 Å². The lowest BCUT2D eigenvalue weighted by molar-refractivity contribution is -0.754. The molecule has 3 nitrogen and oxygen atoms in total. The van der Waals surface area contributed by atoms with E-state index in [1.165, 1.54) is 38.5 Å². The van der Waals surface area contributed by atoms with E-state index in [4.69, 9.17) is 23.2 Å². The van der Waals surface area contributed by atoms with Gasteiger partial charge in [0.25, 0.3) is 5.91 Å². The Balaban J connectivity index is 1.43. The normalized spacial score (nSPS) is 35.0. The summed E-state index contributed by atoms with van der Waals surface area (Å²) in [4.78, 5) is 12.7. The van der Waals surface area contributed by atoms with E-state index < -0.39 is 0 Å². The maximum absolute atomic E-state index is 12.7. The fraction of sp³-hybridized carbons (Fsp3) is 0.632. The number of rotatable bonds is 4. The Labute approximate surface area is 153 Å². The van der Waals surface area contributed by atoms with Crippen LogP contribution in [0.15, 0.2) is 18.2 Å². The van der Waals surface area contributed by atoms with Crippen LogP contribution in [0.4, 0.5) is 5.69 Å². The first-order valence-corrected chi connectivity index (χ1v) is 9.80. The van der Waals surface area contributed by atoms with E-state index >= 15 is 0 Å². The second-order valence-corrected chi connectivity index (χ2v) is 9.19. The molecule has 0 radical (unpaired) electrons. The minimum Gasteiger partial charge on any atom is -0.331 e. The largest absolute Gasteiger partial charge is 0.331 e. The molecule has 1 amide bonds. The number of carbonyl (C=O) groups excluding carboxylic acids is 1.